The highest BCUT2D eigenvalue weighted by atomic mass is 16.7. The first kappa shape index (κ1) is 55.9. The number of allylic oxidation sites excluding steroid dienone is 6. The normalized spacial score (nSPS) is 27.4. The van der Waals surface area contributed by atoms with E-state index in [0.717, 1.165) is 70.6 Å². The van der Waals surface area contributed by atoms with E-state index in [1.54, 1.807) is 0 Å². The molecule has 0 spiro atoms. The van der Waals surface area contributed by atoms with Crippen LogP contribution in [0.1, 0.15) is 155 Å². The Morgan fingerprint density at radius 2 is 1.02 bits per heavy atom. The maximum Gasteiger partial charge on any atom is 0.306 e. The van der Waals surface area contributed by atoms with Crippen molar-refractivity contribution in [3.8, 4) is 0 Å². The minimum atomic E-state index is -1.76. The van der Waals surface area contributed by atoms with E-state index in [9.17, 15) is 45.3 Å². The predicted molar refractivity (Wildman–Crippen MR) is 234 cm³/mol. The van der Waals surface area contributed by atoms with Crippen LogP contribution in [-0.4, -0.2) is 142 Å². The van der Waals surface area contributed by atoms with E-state index in [4.69, 9.17) is 28.4 Å². The highest BCUT2D eigenvalue weighted by molar-refractivity contribution is 5.70. The third kappa shape index (κ3) is 23.6. The summed E-state index contributed by atoms with van der Waals surface area (Å²) < 4.78 is 33.4. The quantitative estimate of drug-likeness (QED) is 0.0241. The monoisotopic (exact) mass is 887 g/mol. The summed E-state index contributed by atoms with van der Waals surface area (Å²) in [6.07, 6.45) is 17.6. The molecule has 0 aromatic carbocycles. The Balaban J connectivity index is 1.84. The maximum atomic E-state index is 12.9. The number of hydrogen-bond acceptors (Lipinski definition) is 15. The summed E-state index contributed by atoms with van der Waals surface area (Å²) in [6.45, 7) is 2.43. The van der Waals surface area contributed by atoms with Gasteiger partial charge in [-0.1, -0.05) is 134 Å². The topological polar surface area (TPSA) is 231 Å². The van der Waals surface area contributed by atoms with Crippen LogP contribution in [0.2, 0.25) is 0 Å². The van der Waals surface area contributed by atoms with Crippen molar-refractivity contribution in [2.45, 2.75) is 223 Å². The van der Waals surface area contributed by atoms with Crippen molar-refractivity contribution in [1.29, 1.82) is 0 Å². The molecule has 7 N–H and O–H groups in total. The van der Waals surface area contributed by atoms with E-state index in [2.05, 4.69) is 50.3 Å². The number of carbonyl (C=O) groups is 2. The fourth-order valence-corrected chi connectivity index (χ4v) is 7.23. The summed E-state index contributed by atoms with van der Waals surface area (Å²) in [4.78, 5) is 25.6. The Labute approximate surface area is 370 Å². The molecule has 2 aliphatic rings. The van der Waals surface area contributed by atoms with Crippen molar-refractivity contribution < 1.29 is 73.8 Å². The van der Waals surface area contributed by atoms with Crippen molar-refractivity contribution in [1.82, 2.24) is 0 Å². The predicted octanol–water partition coefficient (Wildman–Crippen LogP) is 5.37. The molecule has 5 unspecified atom stereocenters. The zero-order valence-electron chi connectivity index (χ0n) is 37.6. The number of esters is 2. The first-order valence-electron chi connectivity index (χ1n) is 23.6. The van der Waals surface area contributed by atoms with Gasteiger partial charge < -0.3 is 64.2 Å². The highest BCUT2D eigenvalue weighted by Gasteiger charge is 2.47. The molecular weight excluding hydrogens is 805 g/mol. The molecule has 0 amide bonds. The van der Waals surface area contributed by atoms with E-state index in [1.807, 2.05) is 0 Å². The number of rotatable bonds is 35. The second-order valence-corrected chi connectivity index (χ2v) is 16.6. The summed E-state index contributed by atoms with van der Waals surface area (Å²) in [6, 6.07) is 0. The molecule has 2 heterocycles. The lowest BCUT2D eigenvalue weighted by Crippen LogP contribution is -2.61. The average Bonchev–Trinajstić information content (AvgIpc) is 3.26. The molecular formula is C47H82O15. The molecule has 0 aromatic heterocycles. The Kier molecular flexibility index (Phi) is 31.6. The van der Waals surface area contributed by atoms with E-state index in [1.165, 1.54) is 44.9 Å². The third-order valence-corrected chi connectivity index (χ3v) is 11.1. The highest BCUT2D eigenvalue weighted by Crippen LogP contribution is 2.26. The lowest BCUT2D eigenvalue weighted by Gasteiger charge is -2.42. The van der Waals surface area contributed by atoms with Crippen molar-refractivity contribution >= 4 is 11.9 Å². The van der Waals surface area contributed by atoms with Gasteiger partial charge >= 0.3 is 11.9 Å². The SMILES string of the molecule is CC/C=C\C/C=C\C/C=C\CCCCCCCC(=O)OCC(CO[C@@H]1OC(CO[C@H]2OC(CO)[C@H](O)[C@@H](O)C2O)[C@H](O)[C@@H](O)C1O)OC(=O)CCCCCCCCCCCCC. The number of unbranched alkanes of at least 4 members (excludes halogenated alkanes) is 15. The third-order valence-electron chi connectivity index (χ3n) is 11.1. The second kappa shape index (κ2) is 35.0. The maximum absolute atomic E-state index is 12.9. The smallest absolute Gasteiger partial charge is 0.306 e. The largest absolute Gasteiger partial charge is 0.462 e. The fraction of sp³-hybridized carbons (Fsp3) is 0.830. The number of carbonyl (C=O) groups excluding carboxylic acids is 2. The van der Waals surface area contributed by atoms with Gasteiger partial charge in [-0.2, -0.15) is 0 Å². The Bertz CT molecular complexity index is 1230. The molecule has 2 aliphatic heterocycles. The van der Waals surface area contributed by atoms with Crippen LogP contribution in [0.25, 0.3) is 0 Å². The van der Waals surface area contributed by atoms with Crippen molar-refractivity contribution in [3.05, 3.63) is 36.5 Å². The van der Waals surface area contributed by atoms with Gasteiger partial charge in [0.25, 0.3) is 0 Å². The molecule has 62 heavy (non-hydrogen) atoms. The average molecular weight is 887 g/mol. The van der Waals surface area contributed by atoms with E-state index < -0.39 is 92.7 Å². The Morgan fingerprint density at radius 1 is 0.532 bits per heavy atom. The summed E-state index contributed by atoms with van der Waals surface area (Å²) >= 11 is 0. The molecule has 2 rings (SSSR count). The van der Waals surface area contributed by atoms with Gasteiger partial charge in [-0.15, -0.1) is 0 Å². The van der Waals surface area contributed by atoms with Crippen molar-refractivity contribution in [2.24, 2.45) is 0 Å². The molecule has 11 atom stereocenters. The number of aliphatic hydroxyl groups is 7. The standard InChI is InChI=1S/C47H82O15/c1-3-5-7-9-11-13-15-16-17-18-20-21-23-25-27-29-38(49)57-32-35(60-39(50)30-28-26-24-22-19-14-12-10-8-6-4-2)33-58-46-45(56)43(54)41(52)37(62-46)34-59-47-44(55)42(53)40(51)36(31-48)61-47/h5,7,11,13,16-17,35-37,40-48,51-56H,3-4,6,8-10,12,14-15,18-34H2,1-2H3/b7-5-,13-11-,17-16-/t35?,36?,37?,40-,41-,42+,43+,44?,45?,46+,47-/m0/s1. The minimum Gasteiger partial charge on any atom is -0.462 e. The molecule has 0 radical (unpaired) electrons. The van der Waals surface area contributed by atoms with E-state index in [-0.39, 0.29) is 26.1 Å². The van der Waals surface area contributed by atoms with Crippen LogP contribution in [0.3, 0.4) is 0 Å². The van der Waals surface area contributed by atoms with Crippen LogP contribution >= 0.6 is 0 Å². The van der Waals surface area contributed by atoms with Gasteiger partial charge in [-0.3, -0.25) is 9.59 Å². The lowest BCUT2D eigenvalue weighted by molar-refractivity contribution is -0.332. The molecule has 15 nitrogen and oxygen atoms in total. The van der Waals surface area contributed by atoms with E-state index in [0.29, 0.717) is 12.8 Å². The lowest BCUT2D eigenvalue weighted by atomic mass is 9.98. The van der Waals surface area contributed by atoms with Crippen molar-refractivity contribution in [3.63, 3.8) is 0 Å². The molecule has 360 valence electrons. The minimum absolute atomic E-state index is 0.163. The Morgan fingerprint density at radius 3 is 1.60 bits per heavy atom. The van der Waals surface area contributed by atoms with E-state index >= 15 is 0 Å². The molecule has 0 aliphatic carbocycles. The number of ether oxygens (including phenoxy) is 6. The van der Waals surface area contributed by atoms with Gasteiger partial charge in [0.15, 0.2) is 18.7 Å². The van der Waals surface area contributed by atoms with Crippen LogP contribution in [0.15, 0.2) is 36.5 Å². The van der Waals surface area contributed by atoms with Crippen LogP contribution in [0, 0.1) is 0 Å². The number of hydrogen-bond donors (Lipinski definition) is 7. The van der Waals surface area contributed by atoms with Gasteiger partial charge in [0.2, 0.25) is 0 Å². The first-order valence-corrected chi connectivity index (χ1v) is 23.6. The molecule has 0 aromatic rings. The molecule has 15 heteroatoms. The molecule has 2 fully saturated rings. The fourth-order valence-electron chi connectivity index (χ4n) is 7.23. The zero-order valence-corrected chi connectivity index (χ0v) is 37.6. The van der Waals surface area contributed by atoms with Crippen LogP contribution in [0.5, 0.6) is 0 Å². The van der Waals surface area contributed by atoms with Gasteiger partial charge in [0.05, 0.1) is 19.8 Å². The van der Waals surface area contributed by atoms with Crippen molar-refractivity contribution in [2.75, 3.05) is 26.4 Å². The molecule has 2 saturated heterocycles. The van der Waals surface area contributed by atoms with Gasteiger partial charge in [0.1, 0.15) is 55.4 Å². The molecule has 0 saturated carbocycles. The van der Waals surface area contributed by atoms with Gasteiger partial charge in [-0.25, -0.2) is 0 Å². The van der Waals surface area contributed by atoms with Gasteiger partial charge in [0, 0.05) is 12.8 Å². The van der Waals surface area contributed by atoms with Crippen LogP contribution in [-0.2, 0) is 38.0 Å². The second-order valence-electron chi connectivity index (χ2n) is 16.6. The number of aliphatic hydroxyl groups excluding tert-OH is 7. The summed E-state index contributed by atoms with van der Waals surface area (Å²) in [5.41, 5.74) is 0. The molecule has 0 bridgehead atoms. The Hall–Kier alpha value is -2.28. The summed E-state index contributed by atoms with van der Waals surface area (Å²) in [7, 11) is 0. The zero-order chi connectivity index (χ0) is 45.4. The summed E-state index contributed by atoms with van der Waals surface area (Å²) in [5, 5.41) is 71.9. The first-order chi connectivity index (χ1) is 30.0. The van der Waals surface area contributed by atoms with Gasteiger partial charge in [-0.05, 0) is 44.9 Å². The van der Waals surface area contributed by atoms with Crippen LogP contribution < -0.4 is 0 Å². The van der Waals surface area contributed by atoms with Crippen LogP contribution in [0.4, 0.5) is 0 Å². The summed E-state index contributed by atoms with van der Waals surface area (Å²) in [5.74, 6) is -0.946.